The normalized spacial score (nSPS) is 26.4. The highest BCUT2D eigenvalue weighted by Crippen LogP contribution is 2.46. The summed E-state index contributed by atoms with van der Waals surface area (Å²) in [5, 5.41) is 3.46. The van der Waals surface area contributed by atoms with Gasteiger partial charge in [0.2, 0.25) is 0 Å². The molecule has 2 heterocycles. The smallest absolute Gasteiger partial charge is 0.493 e. The molecular formula is C25H23ClF6N4O4. The van der Waals surface area contributed by atoms with Gasteiger partial charge in [0.25, 0.3) is 0 Å². The number of likely N-dealkylation sites (tertiary alicyclic amines) is 1. The summed E-state index contributed by atoms with van der Waals surface area (Å²) >= 11 is 6.05. The molecule has 1 aliphatic heterocycles. The molecule has 216 valence electrons. The summed E-state index contributed by atoms with van der Waals surface area (Å²) in [6.07, 6.45) is -5.63. The molecule has 1 amide bonds. The molecule has 0 radical (unpaired) electrons. The first kappa shape index (κ1) is 28.1. The summed E-state index contributed by atoms with van der Waals surface area (Å²) in [7, 11) is 1.43. The van der Waals surface area contributed by atoms with Gasteiger partial charge in [-0.15, -0.1) is 13.2 Å². The van der Waals surface area contributed by atoms with Crippen LogP contribution in [0, 0.1) is 17.8 Å². The number of aromatic nitrogens is 2. The molecule has 3 aliphatic rings. The van der Waals surface area contributed by atoms with Crippen molar-refractivity contribution in [3.05, 3.63) is 41.4 Å². The van der Waals surface area contributed by atoms with E-state index in [1.807, 2.05) is 0 Å². The predicted molar refractivity (Wildman–Crippen MR) is 130 cm³/mol. The molecule has 15 heteroatoms. The molecule has 1 saturated carbocycles. The highest BCUT2D eigenvalue weighted by molar-refractivity contribution is 6.31. The van der Waals surface area contributed by atoms with Crippen molar-refractivity contribution in [3.63, 3.8) is 0 Å². The third-order valence-electron chi connectivity index (χ3n) is 7.23. The number of hydrogen-bond acceptors (Lipinski definition) is 7. The maximum atomic E-state index is 12.9. The predicted octanol–water partition coefficient (Wildman–Crippen LogP) is 5.40. The number of carbonyl (C=O) groups excluding carboxylic acids is 1. The van der Waals surface area contributed by atoms with Gasteiger partial charge in [0.05, 0.1) is 23.7 Å². The van der Waals surface area contributed by atoms with Crippen molar-refractivity contribution in [3.8, 4) is 11.5 Å². The molecule has 5 rings (SSSR count). The molecule has 1 saturated heterocycles. The number of anilines is 1. The number of ether oxygens (including phenoxy) is 3. The summed E-state index contributed by atoms with van der Waals surface area (Å²) in [5.74, 6) is -2.35. The van der Waals surface area contributed by atoms with Gasteiger partial charge in [-0.2, -0.15) is 13.2 Å². The highest BCUT2D eigenvalue weighted by atomic mass is 35.5. The molecule has 8 nitrogen and oxygen atoms in total. The van der Waals surface area contributed by atoms with Gasteiger partial charge in [-0.05, 0) is 24.6 Å². The lowest BCUT2D eigenvalue weighted by Gasteiger charge is -2.52. The summed E-state index contributed by atoms with van der Waals surface area (Å²) in [6.45, 7) is 1.55. The number of alkyl halides is 6. The Kier molecular flexibility index (Phi) is 7.17. The first-order valence-electron chi connectivity index (χ1n) is 12.2. The first-order chi connectivity index (χ1) is 18.7. The molecule has 1 N–H and O–H groups in total. The third-order valence-corrected chi connectivity index (χ3v) is 7.54. The van der Waals surface area contributed by atoms with Gasteiger partial charge in [-0.1, -0.05) is 18.5 Å². The Bertz CT molecular complexity index is 1370. The van der Waals surface area contributed by atoms with Gasteiger partial charge in [0.15, 0.2) is 11.5 Å². The molecular weight excluding hydrogens is 570 g/mol. The van der Waals surface area contributed by atoms with Crippen LogP contribution in [0.15, 0.2) is 41.4 Å². The molecule has 2 aliphatic carbocycles. The second-order valence-corrected chi connectivity index (χ2v) is 10.3. The van der Waals surface area contributed by atoms with Crippen molar-refractivity contribution >= 4 is 34.2 Å². The number of carbonyl (C=O) groups is 1. The Morgan fingerprint density at radius 1 is 1.07 bits per heavy atom. The van der Waals surface area contributed by atoms with Crippen LogP contribution in [0.5, 0.6) is 11.5 Å². The number of fused-ring (bicyclic) bond motifs is 3. The number of halogens is 7. The van der Waals surface area contributed by atoms with E-state index in [1.165, 1.54) is 25.6 Å². The second kappa shape index (κ2) is 10.2. The van der Waals surface area contributed by atoms with Crippen LogP contribution >= 0.6 is 11.6 Å². The third kappa shape index (κ3) is 5.58. The van der Waals surface area contributed by atoms with Gasteiger partial charge in [-0.25, -0.2) is 9.97 Å². The van der Waals surface area contributed by atoms with E-state index in [-0.39, 0.29) is 30.0 Å². The minimum absolute atomic E-state index is 0.0639. The maximum Gasteiger partial charge on any atom is 0.573 e. The van der Waals surface area contributed by atoms with Gasteiger partial charge < -0.3 is 24.4 Å². The Hall–Kier alpha value is -3.42. The molecule has 2 fully saturated rings. The fraction of sp³-hybridized carbons (Fsp3) is 0.480. The standard InChI is InChI=1S/C25H23ClF6N4O4/c1-11-3-18(40-25(30,31)32)15(26)6-16(11)35-22-14-5-20(19(38-2)7-17(14)33-10-34-22)39-21-12-4-13(21)9-36(8-12)23(37)24(27,28)29/h3,5-7,10-13,16,21H,4,8-9H2,1-2H3,(H,33,34,35)/t11?,12-,13+,16?,21?. The number of benzene rings is 1. The largest absolute Gasteiger partial charge is 0.573 e. The Balaban J connectivity index is 1.36. The molecule has 2 aromatic rings. The van der Waals surface area contributed by atoms with Crippen LogP contribution in [0.4, 0.5) is 32.2 Å². The van der Waals surface area contributed by atoms with Crippen LogP contribution in [0.1, 0.15) is 13.3 Å². The fourth-order valence-corrected chi connectivity index (χ4v) is 5.55. The van der Waals surface area contributed by atoms with Crippen molar-refractivity contribution in [2.75, 3.05) is 25.5 Å². The van der Waals surface area contributed by atoms with Crippen molar-refractivity contribution in [2.45, 2.75) is 38.0 Å². The van der Waals surface area contributed by atoms with Gasteiger partial charge in [0, 0.05) is 42.3 Å². The van der Waals surface area contributed by atoms with E-state index >= 15 is 0 Å². The van der Waals surface area contributed by atoms with E-state index in [9.17, 15) is 31.1 Å². The lowest BCUT2D eigenvalue weighted by atomic mass is 9.68. The number of piperidine rings is 2. The molecule has 40 heavy (non-hydrogen) atoms. The van der Waals surface area contributed by atoms with Crippen LogP contribution in [0.3, 0.4) is 0 Å². The van der Waals surface area contributed by atoms with Crippen LogP contribution in [-0.2, 0) is 9.53 Å². The number of hydrogen-bond donors (Lipinski definition) is 1. The quantitative estimate of drug-likeness (QED) is 0.450. The fourth-order valence-electron chi connectivity index (χ4n) is 5.31. The van der Waals surface area contributed by atoms with E-state index in [1.54, 1.807) is 19.1 Å². The Morgan fingerprint density at radius 3 is 2.40 bits per heavy atom. The molecule has 0 spiro atoms. The zero-order valence-corrected chi connectivity index (χ0v) is 21.8. The minimum Gasteiger partial charge on any atom is -0.493 e. The zero-order valence-electron chi connectivity index (χ0n) is 21.0. The van der Waals surface area contributed by atoms with Crippen molar-refractivity contribution in [2.24, 2.45) is 17.8 Å². The van der Waals surface area contributed by atoms with Crippen molar-refractivity contribution in [1.82, 2.24) is 14.9 Å². The number of methoxy groups -OCH3 is 1. The number of nitrogens with one attached hydrogen (secondary N) is 1. The average Bonchev–Trinajstić information content (AvgIpc) is 2.88. The van der Waals surface area contributed by atoms with Crippen LogP contribution in [0.25, 0.3) is 10.9 Å². The van der Waals surface area contributed by atoms with Gasteiger partial charge in [0.1, 0.15) is 24.0 Å². The SMILES string of the molecule is COc1cc2ncnc(NC3C=C(Cl)C(OC(F)(F)F)=CC3C)c2cc1OC1[C@@H]2C[C@H]1CN(C(=O)C(F)(F)F)C2. The van der Waals surface area contributed by atoms with Crippen LogP contribution < -0.4 is 14.8 Å². The molecule has 3 unspecified atom stereocenters. The summed E-state index contributed by atoms with van der Waals surface area (Å²) in [5.41, 5.74) is 0.479. The summed E-state index contributed by atoms with van der Waals surface area (Å²) in [6, 6.07) is 2.71. The topological polar surface area (TPSA) is 85.8 Å². The summed E-state index contributed by atoms with van der Waals surface area (Å²) < 4.78 is 92.4. The number of amides is 1. The van der Waals surface area contributed by atoms with Crippen LogP contribution in [-0.4, -0.2) is 65.7 Å². The highest BCUT2D eigenvalue weighted by Gasteiger charge is 2.53. The van der Waals surface area contributed by atoms with E-state index in [2.05, 4.69) is 20.0 Å². The monoisotopic (exact) mass is 592 g/mol. The number of nitrogens with zero attached hydrogens (tertiary/aromatic N) is 3. The van der Waals surface area contributed by atoms with Crippen molar-refractivity contribution < 1.29 is 45.3 Å². The zero-order chi connectivity index (χ0) is 29.0. The number of rotatable bonds is 6. The Labute approximate surface area is 228 Å². The maximum absolute atomic E-state index is 12.9. The lowest BCUT2D eigenvalue weighted by molar-refractivity contribution is -0.303. The Morgan fingerprint density at radius 2 is 1.77 bits per heavy atom. The molecule has 5 atom stereocenters. The van der Waals surface area contributed by atoms with E-state index in [0.29, 0.717) is 34.6 Å². The van der Waals surface area contributed by atoms with Crippen LogP contribution in [0.2, 0.25) is 0 Å². The second-order valence-electron chi connectivity index (χ2n) is 9.91. The minimum atomic E-state index is -4.93. The lowest BCUT2D eigenvalue weighted by Crippen LogP contribution is -2.63. The van der Waals surface area contributed by atoms with Crippen molar-refractivity contribution in [1.29, 1.82) is 0 Å². The van der Waals surface area contributed by atoms with Gasteiger partial charge >= 0.3 is 18.4 Å². The summed E-state index contributed by atoms with van der Waals surface area (Å²) in [4.78, 5) is 21.0. The average molecular weight is 593 g/mol. The molecule has 1 aromatic heterocycles. The van der Waals surface area contributed by atoms with Gasteiger partial charge in [-0.3, -0.25) is 4.79 Å². The van der Waals surface area contributed by atoms with E-state index < -0.39 is 42.3 Å². The molecule has 1 aromatic carbocycles. The first-order valence-corrected chi connectivity index (χ1v) is 12.6. The van der Waals surface area contributed by atoms with E-state index in [0.717, 1.165) is 4.90 Å². The number of allylic oxidation sites excluding steroid dienone is 1. The van der Waals surface area contributed by atoms with E-state index in [4.69, 9.17) is 21.1 Å². The molecule has 2 bridgehead atoms.